The molecule has 4 nitrogen and oxygen atoms in total. The number of imidazole rings is 1. The summed E-state index contributed by atoms with van der Waals surface area (Å²) in [7, 11) is 1.44. The molecule has 1 aromatic heterocycles. The van der Waals surface area contributed by atoms with Gasteiger partial charge in [0, 0.05) is 25.3 Å². The van der Waals surface area contributed by atoms with E-state index in [1.165, 1.54) is 13.2 Å². The lowest BCUT2D eigenvalue weighted by Crippen LogP contribution is -2.10. The zero-order chi connectivity index (χ0) is 14.7. The highest BCUT2D eigenvalue weighted by Gasteiger charge is 2.17. The fourth-order valence-corrected chi connectivity index (χ4v) is 2.31. The number of aromatic nitrogens is 2. The molecule has 110 valence electrons. The van der Waals surface area contributed by atoms with Gasteiger partial charge in [0.05, 0.1) is 30.1 Å². The van der Waals surface area contributed by atoms with Crippen molar-refractivity contribution < 1.29 is 13.9 Å². The Morgan fingerprint density at radius 2 is 2.20 bits per heavy atom. The highest BCUT2D eigenvalue weighted by Crippen LogP contribution is 2.29. The standard InChI is InChI=1S/C14H18ClFN2O2/c1-4-20-6-5-18-12-8-13(19-3)10(16)7-11(12)17-14(18)9(2)15/h7-9H,4-6H2,1-3H3. The number of ether oxygens (including phenoxy) is 2. The minimum atomic E-state index is -0.428. The Hall–Kier alpha value is -1.33. The van der Waals surface area contributed by atoms with Crippen LogP contribution >= 0.6 is 11.6 Å². The zero-order valence-electron chi connectivity index (χ0n) is 11.8. The summed E-state index contributed by atoms with van der Waals surface area (Å²) in [6.45, 7) is 5.60. The van der Waals surface area contributed by atoms with Gasteiger partial charge in [-0.1, -0.05) is 0 Å². The first kappa shape index (κ1) is 15.1. The van der Waals surface area contributed by atoms with Crippen molar-refractivity contribution in [2.45, 2.75) is 25.8 Å². The SMILES string of the molecule is CCOCCn1c(C(C)Cl)nc2cc(F)c(OC)cc21. The Kier molecular flexibility index (Phi) is 4.83. The maximum absolute atomic E-state index is 13.7. The van der Waals surface area contributed by atoms with E-state index < -0.39 is 5.82 Å². The lowest BCUT2D eigenvalue weighted by atomic mass is 10.3. The van der Waals surface area contributed by atoms with Gasteiger partial charge in [-0.3, -0.25) is 0 Å². The van der Waals surface area contributed by atoms with Crippen LogP contribution in [0.1, 0.15) is 25.0 Å². The van der Waals surface area contributed by atoms with Gasteiger partial charge >= 0.3 is 0 Å². The van der Waals surface area contributed by atoms with Crippen LogP contribution in [0.25, 0.3) is 11.0 Å². The quantitative estimate of drug-likeness (QED) is 0.605. The number of alkyl halides is 1. The number of methoxy groups -OCH3 is 1. The number of benzene rings is 1. The Labute approximate surface area is 122 Å². The van der Waals surface area contributed by atoms with Gasteiger partial charge in [-0.15, -0.1) is 11.6 Å². The predicted molar refractivity (Wildman–Crippen MR) is 77.0 cm³/mol. The van der Waals surface area contributed by atoms with E-state index >= 15 is 0 Å². The third kappa shape index (κ3) is 2.88. The van der Waals surface area contributed by atoms with Crippen LogP contribution in [-0.4, -0.2) is 29.9 Å². The van der Waals surface area contributed by atoms with E-state index in [9.17, 15) is 4.39 Å². The summed E-state index contributed by atoms with van der Waals surface area (Å²) in [6.07, 6.45) is 0. The molecule has 0 saturated heterocycles. The molecule has 0 saturated carbocycles. The summed E-state index contributed by atoms with van der Waals surface area (Å²) in [6, 6.07) is 3.01. The largest absolute Gasteiger partial charge is 0.494 e. The van der Waals surface area contributed by atoms with Crippen LogP contribution in [0.5, 0.6) is 5.75 Å². The maximum Gasteiger partial charge on any atom is 0.167 e. The minimum absolute atomic E-state index is 0.198. The zero-order valence-corrected chi connectivity index (χ0v) is 12.6. The number of nitrogens with zero attached hydrogens (tertiary/aromatic N) is 2. The third-order valence-corrected chi connectivity index (χ3v) is 3.27. The monoisotopic (exact) mass is 300 g/mol. The molecule has 20 heavy (non-hydrogen) atoms. The van der Waals surface area contributed by atoms with Gasteiger partial charge in [0.15, 0.2) is 11.6 Å². The van der Waals surface area contributed by atoms with Crippen LogP contribution in [0.4, 0.5) is 4.39 Å². The Morgan fingerprint density at radius 3 is 2.80 bits per heavy atom. The fourth-order valence-electron chi connectivity index (χ4n) is 2.14. The highest BCUT2D eigenvalue weighted by atomic mass is 35.5. The summed E-state index contributed by atoms with van der Waals surface area (Å²) in [5.74, 6) is 0.473. The molecule has 0 fully saturated rings. The molecule has 6 heteroatoms. The van der Waals surface area contributed by atoms with Gasteiger partial charge in [0.1, 0.15) is 5.82 Å². The van der Waals surface area contributed by atoms with Crippen LogP contribution < -0.4 is 4.74 Å². The summed E-state index contributed by atoms with van der Waals surface area (Å²) in [5.41, 5.74) is 1.37. The van der Waals surface area contributed by atoms with E-state index in [1.807, 2.05) is 18.4 Å². The van der Waals surface area contributed by atoms with Crippen molar-refractivity contribution in [3.8, 4) is 5.75 Å². The molecule has 0 N–H and O–H groups in total. The van der Waals surface area contributed by atoms with Gasteiger partial charge in [-0.25, -0.2) is 9.37 Å². The average molecular weight is 301 g/mol. The smallest absolute Gasteiger partial charge is 0.167 e. The third-order valence-electron chi connectivity index (χ3n) is 3.07. The molecule has 0 aliphatic rings. The van der Waals surface area contributed by atoms with Crippen LogP contribution in [-0.2, 0) is 11.3 Å². The van der Waals surface area contributed by atoms with Crippen molar-refractivity contribution in [1.82, 2.24) is 9.55 Å². The van der Waals surface area contributed by atoms with Crippen LogP contribution in [0, 0.1) is 5.82 Å². The predicted octanol–water partition coefficient (Wildman–Crippen LogP) is 3.52. The molecule has 0 bridgehead atoms. The van der Waals surface area contributed by atoms with Crippen molar-refractivity contribution >= 4 is 22.6 Å². The molecular formula is C14H18ClFN2O2. The van der Waals surface area contributed by atoms with Crippen molar-refractivity contribution in [1.29, 1.82) is 0 Å². The van der Waals surface area contributed by atoms with Crippen molar-refractivity contribution in [2.75, 3.05) is 20.3 Å². The molecule has 0 spiro atoms. The summed E-state index contributed by atoms with van der Waals surface area (Å²) in [5, 5.41) is -0.266. The molecule has 2 rings (SSSR count). The lowest BCUT2D eigenvalue weighted by molar-refractivity contribution is 0.139. The molecule has 0 aliphatic carbocycles. The van der Waals surface area contributed by atoms with E-state index in [0.717, 1.165) is 5.52 Å². The van der Waals surface area contributed by atoms with E-state index in [-0.39, 0.29) is 11.1 Å². The molecule has 2 aromatic rings. The second-order valence-electron chi connectivity index (χ2n) is 4.41. The van der Waals surface area contributed by atoms with E-state index in [1.54, 1.807) is 6.07 Å². The maximum atomic E-state index is 13.7. The van der Waals surface area contributed by atoms with E-state index in [0.29, 0.717) is 31.1 Å². The number of hydrogen-bond acceptors (Lipinski definition) is 3. The second kappa shape index (κ2) is 6.41. The van der Waals surface area contributed by atoms with E-state index in [2.05, 4.69) is 4.98 Å². The van der Waals surface area contributed by atoms with Crippen molar-refractivity contribution in [2.24, 2.45) is 0 Å². The topological polar surface area (TPSA) is 36.3 Å². The van der Waals surface area contributed by atoms with E-state index in [4.69, 9.17) is 21.1 Å². The van der Waals surface area contributed by atoms with Crippen molar-refractivity contribution in [3.05, 3.63) is 23.8 Å². The van der Waals surface area contributed by atoms with Gasteiger partial charge in [0.25, 0.3) is 0 Å². The highest BCUT2D eigenvalue weighted by molar-refractivity contribution is 6.20. The first-order chi connectivity index (χ1) is 9.58. The van der Waals surface area contributed by atoms with Crippen LogP contribution in [0.3, 0.4) is 0 Å². The molecule has 0 radical (unpaired) electrons. The molecule has 1 atom stereocenters. The average Bonchev–Trinajstić information content (AvgIpc) is 2.76. The first-order valence-electron chi connectivity index (χ1n) is 6.54. The van der Waals surface area contributed by atoms with Crippen LogP contribution in [0.2, 0.25) is 0 Å². The molecule has 0 aliphatic heterocycles. The summed E-state index contributed by atoms with van der Waals surface area (Å²) < 4.78 is 26.1. The fraction of sp³-hybridized carbons (Fsp3) is 0.500. The number of rotatable bonds is 6. The normalized spacial score (nSPS) is 12.8. The second-order valence-corrected chi connectivity index (χ2v) is 5.06. The minimum Gasteiger partial charge on any atom is -0.494 e. The Morgan fingerprint density at radius 1 is 1.45 bits per heavy atom. The Balaban J connectivity index is 2.51. The van der Waals surface area contributed by atoms with Gasteiger partial charge in [-0.05, 0) is 13.8 Å². The van der Waals surface area contributed by atoms with Gasteiger partial charge < -0.3 is 14.0 Å². The van der Waals surface area contributed by atoms with Crippen molar-refractivity contribution in [3.63, 3.8) is 0 Å². The molecule has 0 amide bonds. The first-order valence-corrected chi connectivity index (χ1v) is 6.97. The van der Waals surface area contributed by atoms with Crippen LogP contribution in [0.15, 0.2) is 12.1 Å². The number of fused-ring (bicyclic) bond motifs is 1. The molecule has 1 heterocycles. The molecule has 1 aromatic carbocycles. The van der Waals surface area contributed by atoms with Gasteiger partial charge in [0.2, 0.25) is 0 Å². The van der Waals surface area contributed by atoms with Gasteiger partial charge in [-0.2, -0.15) is 0 Å². The number of hydrogen-bond donors (Lipinski definition) is 0. The summed E-state index contributed by atoms with van der Waals surface area (Å²) >= 11 is 6.16. The Bertz CT molecular complexity index is 598. The molecule has 1 unspecified atom stereocenters. The number of halogens is 2. The summed E-state index contributed by atoms with van der Waals surface area (Å²) in [4.78, 5) is 4.41. The molecular weight excluding hydrogens is 283 g/mol. The lowest BCUT2D eigenvalue weighted by Gasteiger charge is -2.11.